The molecule has 0 saturated carbocycles. The zero-order valence-electron chi connectivity index (χ0n) is 33.3. The molecule has 66 heavy (non-hydrogen) atoms. The van der Waals surface area contributed by atoms with E-state index in [0.717, 1.165) is 125 Å². The summed E-state index contributed by atoms with van der Waals surface area (Å²) in [7, 11) is 0. The Morgan fingerprint density at radius 2 is 0.636 bits per heavy atom. The van der Waals surface area contributed by atoms with Crippen LogP contribution in [0, 0.1) is 0 Å². The summed E-state index contributed by atoms with van der Waals surface area (Å²) in [5.74, 6) is 0. The summed E-state index contributed by atoms with van der Waals surface area (Å²) in [4.78, 5) is 54.9. The molecule has 0 aliphatic carbocycles. The van der Waals surface area contributed by atoms with E-state index in [-0.39, 0.29) is 22.2 Å². The summed E-state index contributed by atoms with van der Waals surface area (Å²) in [6, 6.07) is 39.9. The topological polar surface area (TPSA) is 85.9 Å². The molecule has 0 saturated heterocycles. The first kappa shape index (κ1) is 38.1. The van der Waals surface area contributed by atoms with Crippen molar-refractivity contribution in [3.63, 3.8) is 0 Å². The Hall–Kier alpha value is -6.00. The van der Waals surface area contributed by atoms with E-state index in [4.69, 9.17) is 0 Å². The van der Waals surface area contributed by atoms with E-state index in [9.17, 15) is 19.2 Å². The second kappa shape index (κ2) is 12.9. The third-order valence-corrected chi connectivity index (χ3v) is 17.8. The average Bonchev–Trinajstić information content (AvgIpc) is 4.16. The van der Waals surface area contributed by atoms with Crippen LogP contribution >= 0.6 is 86.4 Å². The van der Waals surface area contributed by atoms with E-state index < -0.39 is 0 Å². The third-order valence-electron chi connectivity index (χ3n) is 13.5. The normalized spacial score (nSPS) is 12.8. The lowest BCUT2D eigenvalue weighted by Gasteiger charge is -2.06. The smallest absolute Gasteiger partial charge is 0.273 e. The minimum absolute atomic E-state index is 0.0343. The van der Waals surface area contributed by atoms with Crippen LogP contribution in [0.25, 0.3) is 128 Å². The van der Waals surface area contributed by atoms with E-state index in [0.29, 0.717) is 20.2 Å². The highest BCUT2D eigenvalue weighted by molar-refractivity contribution is 9.11. The van der Waals surface area contributed by atoms with Crippen molar-refractivity contribution in [3.8, 4) is 0 Å². The first-order valence-corrected chi connectivity index (χ1v) is 25.5. The molecule has 0 spiro atoms. The van der Waals surface area contributed by atoms with Crippen molar-refractivity contribution in [3.05, 3.63) is 181 Å². The van der Waals surface area contributed by atoms with E-state index in [2.05, 4.69) is 88.0 Å². The van der Waals surface area contributed by atoms with E-state index in [1.807, 2.05) is 106 Å². The number of halogens is 4. The van der Waals surface area contributed by atoms with Gasteiger partial charge in [0, 0.05) is 82.5 Å². The summed E-state index contributed by atoms with van der Waals surface area (Å²) in [5, 5.41) is 10.9. The predicted molar refractivity (Wildman–Crippen MR) is 288 cm³/mol. The number of fused-ring (bicyclic) bond motifs is 16. The molecule has 10 aromatic heterocycles. The van der Waals surface area contributed by atoms with Crippen molar-refractivity contribution in [2.24, 2.45) is 0 Å². The predicted octanol–water partition coefficient (Wildman–Crippen LogP) is 14.3. The fourth-order valence-corrected chi connectivity index (χ4v) is 14.8. The molecule has 0 aliphatic heterocycles. The minimum Gasteiger partial charge on any atom is -0.275 e. The van der Waals surface area contributed by atoms with Gasteiger partial charge in [0.1, 0.15) is 9.40 Å². The number of hydrogen-bond donors (Lipinski definition) is 0. The first-order valence-electron chi connectivity index (χ1n) is 20.7. The largest absolute Gasteiger partial charge is 0.275 e. The van der Waals surface area contributed by atoms with Crippen molar-refractivity contribution < 1.29 is 0 Å². The summed E-state index contributed by atoms with van der Waals surface area (Å²) in [5.41, 5.74) is 6.80. The molecule has 0 aliphatic rings. The number of rotatable bonds is 0. The summed E-state index contributed by atoms with van der Waals surface area (Å²) in [6.45, 7) is 0. The highest BCUT2D eigenvalue weighted by atomic mass is 79.9. The molecule has 0 amide bonds. The van der Waals surface area contributed by atoms with Gasteiger partial charge in [-0.15, -0.1) is 22.7 Å². The SMILES string of the molecule is O=c1c2sc3c4c(ccc(c24)c2cc4cc(Br)ccc4n12)c(=O)n1c2ccc(Br)cc2cc31.O=c1c2sc3c4c(ccc(c24)c2cc4ccc(Br)cc4n12)c(=O)n1c2cc(Br)ccc2cc31. The van der Waals surface area contributed by atoms with E-state index >= 15 is 0 Å². The molecule has 0 atom stereocenters. The zero-order valence-corrected chi connectivity index (χ0v) is 41.3. The second-order valence-electron chi connectivity index (χ2n) is 16.8. The van der Waals surface area contributed by atoms with Crippen molar-refractivity contribution in [1.29, 1.82) is 0 Å². The lowest BCUT2D eigenvalue weighted by molar-refractivity contribution is 1.21. The van der Waals surface area contributed by atoms with Gasteiger partial charge in [0.2, 0.25) is 0 Å². The Labute approximate surface area is 408 Å². The fraction of sp³-hybridized carbons (Fsp3) is 0. The standard InChI is InChI=1S/2C26H10Br2N2O2S/c27-13-1-5-17-11(7-13)9-19-15-3-4-16-22-21(15)24(26(32)29(17)19)33-23(22)20-10-12-8-14(28)2-6-18(12)30(20)25(16)31;27-13-3-1-11-7-19-15-5-6-16-22-21(15)24(26(32)29(19)17(11)9-13)33-23(22)20-8-12-2-4-14(28)10-18(12)30(20)25(16)31/h2*1-10H. The highest BCUT2D eigenvalue weighted by Gasteiger charge is 2.26. The lowest BCUT2D eigenvalue weighted by atomic mass is 10.0. The number of hydrogen-bond acceptors (Lipinski definition) is 6. The third kappa shape index (κ3) is 4.71. The summed E-state index contributed by atoms with van der Waals surface area (Å²) in [6.07, 6.45) is 0. The molecule has 0 bridgehead atoms. The lowest BCUT2D eigenvalue weighted by Crippen LogP contribution is -2.13. The molecule has 312 valence electrons. The summed E-state index contributed by atoms with van der Waals surface area (Å²) < 4.78 is 14.3. The van der Waals surface area contributed by atoms with Gasteiger partial charge in [-0.05, 0) is 97.1 Å². The monoisotopic (exact) mass is 1140 g/mol. The van der Waals surface area contributed by atoms with Gasteiger partial charge < -0.3 is 0 Å². The van der Waals surface area contributed by atoms with Gasteiger partial charge in [0.25, 0.3) is 22.2 Å². The van der Waals surface area contributed by atoms with Crippen molar-refractivity contribution in [2.75, 3.05) is 0 Å². The molecule has 8 nitrogen and oxygen atoms in total. The molecule has 0 radical (unpaired) electrons. The van der Waals surface area contributed by atoms with Gasteiger partial charge >= 0.3 is 0 Å². The van der Waals surface area contributed by atoms with Crippen LogP contribution in [0.5, 0.6) is 0 Å². The Bertz CT molecular complexity index is 5150. The van der Waals surface area contributed by atoms with Crippen LogP contribution in [-0.4, -0.2) is 17.6 Å². The van der Waals surface area contributed by atoms with Crippen molar-refractivity contribution in [2.45, 2.75) is 0 Å². The molecule has 14 heteroatoms. The number of aromatic nitrogens is 4. The number of pyridine rings is 4. The zero-order chi connectivity index (χ0) is 44.3. The van der Waals surface area contributed by atoms with Gasteiger partial charge in [-0.1, -0.05) is 88.0 Å². The Kier molecular flexibility index (Phi) is 7.46. The molecule has 16 rings (SSSR count). The maximum Gasteiger partial charge on any atom is 0.273 e. The van der Waals surface area contributed by atoms with Crippen LogP contribution in [0.3, 0.4) is 0 Å². The number of thiophene rings is 2. The number of benzene rings is 6. The van der Waals surface area contributed by atoms with Crippen LogP contribution in [0.2, 0.25) is 0 Å². The van der Waals surface area contributed by atoms with Gasteiger partial charge in [0.15, 0.2) is 0 Å². The molecule has 0 unspecified atom stereocenters. The Morgan fingerprint density at radius 3 is 1.14 bits per heavy atom. The van der Waals surface area contributed by atoms with Crippen LogP contribution in [0.15, 0.2) is 158 Å². The highest BCUT2D eigenvalue weighted by Crippen LogP contribution is 2.45. The molecule has 0 N–H and O–H groups in total. The summed E-state index contributed by atoms with van der Waals surface area (Å²) >= 11 is 17.1. The van der Waals surface area contributed by atoms with Crippen LogP contribution in [0.4, 0.5) is 0 Å². The molecule has 16 aromatic rings. The van der Waals surface area contributed by atoms with E-state index in [1.165, 1.54) is 22.7 Å². The quantitative estimate of drug-likeness (QED) is 0.142. The van der Waals surface area contributed by atoms with Gasteiger partial charge in [-0.2, -0.15) is 0 Å². The van der Waals surface area contributed by atoms with Crippen LogP contribution < -0.4 is 22.2 Å². The second-order valence-corrected chi connectivity index (χ2v) is 22.5. The molecule has 10 heterocycles. The number of nitrogens with zero attached hydrogens (tertiary/aromatic N) is 4. The van der Waals surface area contributed by atoms with Crippen molar-refractivity contribution in [1.82, 2.24) is 17.6 Å². The average molecular weight is 1150 g/mol. The minimum atomic E-state index is -0.0519. The van der Waals surface area contributed by atoms with Crippen LogP contribution in [0.1, 0.15) is 0 Å². The van der Waals surface area contributed by atoms with Gasteiger partial charge in [-0.3, -0.25) is 36.8 Å². The molecular formula is C52H20Br4N4O4S2. The Balaban J connectivity index is 0.000000121. The maximum atomic E-state index is 13.8. The van der Waals surface area contributed by atoms with Crippen LogP contribution in [-0.2, 0) is 0 Å². The molecular weight excluding hydrogens is 1130 g/mol. The fourth-order valence-electron chi connectivity index (χ4n) is 10.8. The molecule has 0 fully saturated rings. The van der Waals surface area contributed by atoms with Gasteiger partial charge in [0.05, 0.1) is 53.5 Å². The first-order chi connectivity index (χ1) is 32.0. The van der Waals surface area contributed by atoms with E-state index in [1.54, 1.807) is 8.80 Å². The Morgan fingerprint density at radius 1 is 0.288 bits per heavy atom. The molecule has 6 aromatic carbocycles. The maximum absolute atomic E-state index is 13.8. The van der Waals surface area contributed by atoms with Crippen molar-refractivity contribution >= 4 is 214 Å². The van der Waals surface area contributed by atoms with Gasteiger partial charge in [-0.25, -0.2) is 0 Å².